The number of fused-ring (bicyclic) bond motifs is 1. The van der Waals surface area contributed by atoms with Crippen LogP contribution in [0, 0.1) is 0 Å². The van der Waals surface area contributed by atoms with Gasteiger partial charge in [-0.3, -0.25) is 0 Å². The van der Waals surface area contributed by atoms with Crippen molar-refractivity contribution in [3.05, 3.63) is 29.8 Å². The van der Waals surface area contributed by atoms with E-state index in [1.165, 1.54) is 0 Å². The van der Waals surface area contributed by atoms with Gasteiger partial charge in [-0.15, -0.1) is 0 Å². The minimum Gasteiger partial charge on any atom is -0.486 e. The first-order valence-corrected chi connectivity index (χ1v) is 5.54. The number of benzene rings is 1. The van der Waals surface area contributed by atoms with Crippen LogP contribution < -0.4 is 14.8 Å². The highest BCUT2D eigenvalue weighted by molar-refractivity contribution is 5.56. The normalized spacial score (nSPS) is 16.4. The monoisotopic (exact) mass is 219 g/mol. The SMILES string of the molecule is CNC(C)/C=C/c1ccc2c(c1)OCCO2. The lowest BCUT2D eigenvalue weighted by atomic mass is 10.1. The molecule has 1 aromatic carbocycles. The predicted molar refractivity (Wildman–Crippen MR) is 65.0 cm³/mol. The van der Waals surface area contributed by atoms with Gasteiger partial charge in [-0.2, -0.15) is 0 Å². The number of nitrogens with one attached hydrogen (secondary N) is 1. The number of ether oxygens (including phenoxy) is 2. The average molecular weight is 219 g/mol. The van der Waals surface area contributed by atoms with Crippen molar-refractivity contribution in [3.63, 3.8) is 0 Å². The molecule has 1 aromatic rings. The largest absolute Gasteiger partial charge is 0.486 e. The molecule has 0 spiro atoms. The van der Waals surface area contributed by atoms with Gasteiger partial charge in [0.05, 0.1) is 0 Å². The lowest BCUT2D eigenvalue weighted by molar-refractivity contribution is 0.171. The zero-order chi connectivity index (χ0) is 11.4. The molecule has 86 valence electrons. The highest BCUT2D eigenvalue weighted by Gasteiger charge is 2.10. The van der Waals surface area contributed by atoms with Crippen molar-refractivity contribution >= 4 is 6.08 Å². The summed E-state index contributed by atoms with van der Waals surface area (Å²) >= 11 is 0. The van der Waals surface area contributed by atoms with Crippen LogP contribution in [0.25, 0.3) is 6.08 Å². The molecule has 0 amide bonds. The average Bonchev–Trinajstić information content (AvgIpc) is 2.35. The molecule has 1 unspecified atom stereocenters. The maximum absolute atomic E-state index is 5.52. The Balaban J connectivity index is 2.14. The van der Waals surface area contributed by atoms with Crippen molar-refractivity contribution in [2.24, 2.45) is 0 Å². The quantitative estimate of drug-likeness (QED) is 0.844. The Bertz CT molecular complexity index is 388. The summed E-state index contributed by atoms with van der Waals surface area (Å²) < 4.78 is 11.0. The van der Waals surface area contributed by atoms with Crippen LogP contribution in [0.3, 0.4) is 0 Å². The van der Waals surface area contributed by atoms with Gasteiger partial charge in [0.1, 0.15) is 13.2 Å². The zero-order valence-electron chi connectivity index (χ0n) is 9.69. The van der Waals surface area contributed by atoms with E-state index in [1.54, 1.807) is 0 Å². The number of hydrogen-bond donors (Lipinski definition) is 1. The topological polar surface area (TPSA) is 30.5 Å². The van der Waals surface area contributed by atoms with E-state index in [0.717, 1.165) is 17.1 Å². The molecule has 0 aromatic heterocycles. The maximum Gasteiger partial charge on any atom is 0.161 e. The van der Waals surface area contributed by atoms with E-state index in [-0.39, 0.29) is 0 Å². The Labute approximate surface area is 96.1 Å². The second-order valence-electron chi connectivity index (χ2n) is 3.84. The van der Waals surface area contributed by atoms with Gasteiger partial charge in [0, 0.05) is 6.04 Å². The fraction of sp³-hybridized carbons (Fsp3) is 0.385. The lowest BCUT2D eigenvalue weighted by Gasteiger charge is -2.18. The van der Waals surface area contributed by atoms with Crippen molar-refractivity contribution in [1.29, 1.82) is 0 Å². The fourth-order valence-corrected chi connectivity index (χ4v) is 1.52. The smallest absolute Gasteiger partial charge is 0.161 e. The zero-order valence-corrected chi connectivity index (χ0v) is 9.69. The molecule has 0 bridgehead atoms. The van der Waals surface area contributed by atoms with Gasteiger partial charge in [0.15, 0.2) is 11.5 Å². The maximum atomic E-state index is 5.52. The number of hydrogen-bond acceptors (Lipinski definition) is 3. The first-order valence-electron chi connectivity index (χ1n) is 5.54. The molecule has 1 heterocycles. The van der Waals surface area contributed by atoms with E-state index in [0.29, 0.717) is 19.3 Å². The molecule has 1 atom stereocenters. The summed E-state index contributed by atoms with van der Waals surface area (Å²) in [6, 6.07) is 6.37. The van der Waals surface area contributed by atoms with Crippen molar-refractivity contribution in [2.75, 3.05) is 20.3 Å². The van der Waals surface area contributed by atoms with Gasteiger partial charge in [0.2, 0.25) is 0 Å². The molecule has 0 fully saturated rings. The van der Waals surface area contributed by atoms with Crippen molar-refractivity contribution in [1.82, 2.24) is 5.32 Å². The van der Waals surface area contributed by atoms with Crippen LogP contribution in [-0.2, 0) is 0 Å². The van der Waals surface area contributed by atoms with E-state index in [2.05, 4.69) is 24.4 Å². The van der Waals surface area contributed by atoms with Crippen LogP contribution in [0.5, 0.6) is 11.5 Å². The summed E-state index contributed by atoms with van der Waals surface area (Å²) in [6.45, 7) is 3.38. The minimum atomic E-state index is 0.369. The standard InChI is InChI=1S/C13H17NO2/c1-10(14-2)3-4-11-5-6-12-13(9-11)16-8-7-15-12/h3-6,9-10,14H,7-8H2,1-2H3/b4-3+. The summed E-state index contributed by atoms with van der Waals surface area (Å²) in [4.78, 5) is 0. The van der Waals surface area contributed by atoms with E-state index >= 15 is 0 Å². The molecule has 0 radical (unpaired) electrons. The van der Waals surface area contributed by atoms with Gasteiger partial charge in [-0.05, 0) is 31.7 Å². The predicted octanol–water partition coefficient (Wildman–Crippen LogP) is 2.08. The second-order valence-corrected chi connectivity index (χ2v) is 3.84. The van der Waals surface area contributed by atoms with Crippen molar-refractivity contribution < 1.29 is 9.47 Å². The van der Waals surface area contributed by atoms with Crippen LogP contribution in [0.1, 0.15) is 12.5 Å². The van der Waals surface area contributed by atoms with Crippen LogP contribution >= 0.6 is 0 Å². The lowest BCUT2D eigenvalue weighted by Crippen LogP contribution is -2.17. The van der Waals surface area contributed by atoms with Gasteiger partial charge >= 0.3 is 0 Å². The van der Waals surface area contributed by atoms with Crippen molar-refractivity contribution in [3.8, 4) is 11.5 Å². The van der Waals surface area contributed by atoms with Crippen molar-refractivity contribution in [2.45, 2.75) is 13.0 Å². The van der Waals surface area contributed by atoms with Gasteiger partial charge in [-0.25, -0.2) is 0 Å². The first kappa shape index (κ1) is 11.0. The van der Waals surface area contributed by atoms with E-state index in [9.17, 15) is 0 Å². The number of rotatable bonds is 3. The molecule has 2 rings (SSSR count). The van der Waals surface area contributed by atoms with Gasteiger partial charge in [0.25, 0.3) is 0 Å². The molecule has 3 nitrogen and oxygen atoms in total. The molecule has 1 aliphatic heterocycles. The Morgan fingerprint density at radius 3 is 2.75 bits per heavy atom. The highest BCUT2D eigenvalue weighted by atomic mass is 16.6. The molecule has 16 heavy (non-hydrogen) atoms. The van der Waals surface area contributed by atoms with E-state index in [1.807, 2.05) is 25.2 Å². The summed E-state index contributed by atoms with van der Waals surface area (Å²) in [5.74, 6) is 1.68. The Morgan fingerprint density at radius 2 is 2.00 bits per heavy atom. The molecule has 0 saturated heterocycles. The Morgan fingerprint density at radius 1 is 1.25 bits per heavy atom. The fourth-order valence-electron chi connectivity index (χ4n) is 1.52. The summed E-state index contributed by atoms with van der Waals surface area (Å²) in [5, 5.41) is 3.15. The second kappa shape index (κ2) is 5.03. The summed E-state index contributed by atoms with van der Waals surface area (Å²) in [7, 11) is 1.94. The molecule has 0 aliphatic carbocycles. The van der Waals surface area contributed by atoms with Crippen LogP contribution in [0.4, 0.5) is 0 Å². The molecule has 0 saturated carbocycles. The van der Waals surface area contributed by atoms with E-state index < -0.39 is 0 Å². The third-order valence-electron chi connectivity index (χ3n) is 2.60. The van der Waals surface area contributed by atoms with E-state index in [4.69, 9.17) is 9.47 Å². The molecular weight excluding hydrogens is 202 g/mol. The summed E-state index contributed by atoms with van der Waals surface area (Å²) in [5.41, 5.74) is 1.13. The molecule has 1 N–H and O–H groups in total. The molecule has 3 heteroatoms. The molecular formula is C13H17NO2. The third-order valence-corrected chi connectivity index (χ3v) is 2.60. The van der Waals surface area contributed by atoms with Crippen LogP contribution in [0.15, 0.2) is 24.3 Å². The summed E-state index contributed by atoms with van der Waals surface area (Å²) in [6.07, 6.45) is 4.20. The first-order chi connectivity index (χ1) is 7.79. The Hall–Kier alpha value is -1.48. The molecule has 1 aliphatic rings. The highest BCUT2D eigenvalue weighted by Crippen LogP contribution is 2.31. The Kier molecular flexibility index (Phi) is 3.47. The van der Waals surface area contributed by atoms with Crippen LogP contribution in [0.2, 0.25) is 0 Å². The third kappa shape index (κ3) is 2.55. The minimum absolute atomic E-state index is 0.369. The van der Waals surface area contributed by atoms with Gasteiger partial charge in [-0.1, -0.05) is 18.2 Å². The number of likely N-dealkylation sites (N-methyl/N-ethyl adjacent to an activating group) is 1. The van der Waals surface area contributed by atoms with Crippen LogP contribution in [-0.4, -0.2) is 26.3 Å². The van der Waals surface area contributed by atoms with Gasteiger partial charge < -0.3 is 14.8 Å².